The molecular formula is C15H23N3O. The molecule has 0 spiro atoms. The quantitative estimate of drug-likeness (QED) is 0.900. The highest BCUT2D eigenvalue weighted by Crippen LogP contribution is 2.09. The lowest BCUT2D eigenvalue weighted by Gasteiger charge is -2.20. The number of hydrogen-bond acceptors (Lipinski definition) is 3. The molecule has 0 aliphatic carbocycles. The average Bonchev–Trinajstić information content (AvgIpc) is 2.70. The van der Waals surface area contributed by atoms with Crippen LogP contribution < -0.4 is 5.32 Å². The lowest BCUT2D eigenvalue weighted by molar-refractivity contribution is -0.130. The van der Waals surface area contributed by atoms with Crippen LogP contribution in [0.5, 0.6) is 0 Å². The van der Waals surface area contributed by atoms with E-state index >= 15 is 0 Å². The summed E-state index contributed by atoms with van der Waals surface area (Å²) < 4.78 is 0. The van der Waals surface area contributed by atoms with Crippen molar-refractivity contribution >= 4 is 5.91 Å². The lowest BCUT2D eigenvalue weighted by atomic mass is 10.2. The van der Waals surface area contributed by atoms with Crippen LogP contribution in [-0.4, -0.2) is 35.4 Å². The maximum Gasteiger partial charge on any atom is 0.236 e. The molecule has 4 heteroatoms. The van der Waals surface area contributed by atoms with Gasteiger partial charge in [0.25, 0.3) is 0 Å². The Balaban J connectivity index is 1.72. The molecule has 0 saturated carbocycles. The Bertz CT molecular complexity index is 394. The molecule has 1 aromatic rings. The highest BCUT2D eigenvalue weighted by atomic mass is 16.2. The highest BCUT2D eigenvalue weighted by molar-refractivity contribution is 5.78. The molecular weight excluding hydrogens is 238 g/mol. The molecule has 0 radical (unpaired) electrons. The first-order chi connectivity index (χ1) is 9.25. The molecule has 1 aromatic heterocycles. The summed E-state index contributed by atoms with van der Waals surface area (Å²) >= 11 is 0. The van der Waals surface area contributed by atoms with Crippen molar-refractivity contribution < 1.29 is 4.79 Å². The summed E-state index contributed by atoms with van der Waals surface area (Å²) in [6.07, 6.45) is 6.67. The molecule has 2 rings (SSSR count). The van der Waals surface area contributed by atoms with Crippen LogP contribution in [0.2, 0.25) is 0 Å². The monoisotopic (exact) mass is 261 g/mol. The van der Waals surface area contributed by atoms with Crippen LogP contribution in [0, 0.1) is 6.92 Å². The van der Waals surface area contributed by atoms with Gasteiger partial charge in [-0.1, -0.05) is 18.9 Å². The molecule has 0 aromatic carbocycles. The molecule has 19 heavy (non-hydrogen) atoms. The van der Waals surface area contributed by atoms with E-state index in [0.29, 0.717) is 13.1 Å². The van der Waals surface area contributed by atoms with Crippen molar-refractivity contribution in [3.8, 4) is 0 Å². The Hall–Kier alpha value is -1.42. The van der Waals surface area contributed by atoms with Crippen LogP contribution in [0.1, 0.15) is 36.9 Å². The summed E-state index contributed by atoms with van der Waals surface area (Å²) in [5.41, 5.74) is 2.14. The second-order valence-corrected chi connectivity index (χ2v) is 5.21. The number of nitrogens with zero attached hydrogens (tertiary/aromatic N) is 2. The smallest absolute Gasteiger partial charge is 0.236 e. The van der Waals surface area contributed by atoms with Gasteiger partial charge in [0, 0.05) is 31.5 Å². The third-order valence-corrected chi connectivity index (χ3v) is 3.54. The van der Waals surface area contributed by atoms with E-state index in [1.54, 1.807) is 0 Å². The van der Waals surface area contributed by atoms with E-state index in [1.165, 1.54) is 12.8 Å². The van der Waals surface area contributed by atoms with Gasteiger partial charge >= 0.3 is 0 Å². The zero-order chi connectivity index (χ0) is 13.5. The van der Waals surface area contributed by atoms with Crippen LogP contribution >= 0.6 is 0 Å². The van der Waals surface area contributed by atoms with Gasteiger partial charge in [0.15, 0.2) is 0 Å². The average molecular weight is 261 g/mol. The molecule has 2 heterocycles. The highest BCUT2D eigenvalue weighted by Gasteiger charge is 2.14. The molecule has 1 aliphatic heterocycles. The maximum absolute atomic E-state index is 12.0. The molecule has 0 atom stereocenters. The second kappa shape index (κ2) is 7.24. The van der Waals surface area contributed by atoms with Crippen LogP contribution in [0.4, 0.5) is 0 Å². The third-order valence-electron chi connectivity index (χ3n) is 3.54. The summed E-state index contributed by atoms with van der Waals surface area (Å²) in [4.78, 5) is 18.3. The van der Waals surface area contributed by atoms with E-state index < -0.39 is 0 Å². The van der Waals surface area contributed by atoms with E-state index in [9.17, 15) is 4.79 Å². The summed E-state index contributed by atoms with van der Waals surface area (Å²) in [7, 11) is 0. The van der Waals surface area contributed by atoms with Crippen LogP contribution in [-0.2, 0) is 11.3 Å². The Morgan fingerprint density at radius 1 is 1.26 bits per heavy atom. The van der Waals surface area contributed by atoms with Gasteiger partial charge < -0.3 is 10.2 Å². The predicted molar refractivity (Wildman–Crippen MR) is 75.7 cm³/mol. The van der Waals surface area contributed by atoms with Crippen molar-refractivity contribution in [3.05, 3.63) is 29.6 Å². The molecule has 0 unspecified atom stereocenters. The van der Waals surface area contributed by atoms with Gasteiger partial charge in [-0.05, 0) is 31.4 Å². The normalized spacial score (nSPS) is 16.2. The minimum Gasteiger partial charge on any atom is -0.342 e. The second-order valence-electron chi connectivity index (χ2n) is 5.21. The number of carbonyl (C=O) groups is 1. The number of likely N-dealkylation sites (tertiary alicyclic amines) is 1. The van der Waals surface area contributed by atoms with E-state index in [0.717, 1.165) is 37.2 Å². The summed E-state index contributed by atoms with van der Waals surface area (Å²) in [6.45, 7) is 4.94. The van der Waals surface area contributed by atoms with Crippen molar-refractivity contribution in [2.24, 2.45) is 0 Å². The zero-order valence-electron chi connectivity index (χ0n) is 11.7. The SMILES string of the molecule is Cc1ccc(CNCC(=O)N2CCCCCC2)cn1. The number of aryl methyl sites for hydroxylation is 1. The predicted octanol–water partition coefficient (Wildman–Crippen LogP) is 1.88. The van der Waals surface area contributed by atoms with Crippen LogP contribution in [0.15, 0.2) is 18.3 Å². The van der Waals surface area contributed by atoms with Crippen molar-refractivity contribution in [1.82, 2.24) is 15.2 Å². The largest absolute Gasteiger partial charge is 0.342 e. The Kier molecular flexibility index (Phi) is 5.33. The fourth-order valence-electron chi connectivity index (χ4n) is 2.35. The molecule has 4 nitrogen and oxygen atoms in total. The molecule has 1 N–H and O–H groups in total. The van der Waals surface area contributed by atoms with Gasteiger partial charge in [0.1, 0.15) is 0 Å². The van der Waals surface area contributed by atoms with E-state index in [1.807, 2.05) is 30.2 Å². The Morgan fingerprint density at radius 2 is 2.00 bits per heavy atom. The summed E-state index contributed by atoms with van der Waals surface area (Å²) in [5.74, 6) is 0.224. The third kappa shape index (κ3) is 4.63. The van der Waals surface area contributed by atoms with Gasteiger partial charge in [-0.3, -0.25) is 9.78 Å². The standard InChI is InChI=1S/C15H23N3O/c1-13-6-7-14(11-17-13)10-16-12-15(19)18-8-4-2-3-5-9-18/h6-7,11,16H,2-5,8-10,12H2,1H3. The minimum atomic E-state index is 0.224. The molecule has 1 aliphatic rings. The minimum absolute atomic E-state index is 0.224. The van der Waals surface area contributed by atoms with Gasteiger partial charge in [0.05, 0.1) is 6.54 Å². The van der Waals surface area contributed by atoms with E-state index in [-0.39, 0.29) is 5.91 Å². The van der Waals surface area contributed by atoms with Crippen molar-refractivity contribution in [2.45, 2.75) is 39.2 Å². The van der Waals surface area contributed by atoms with Gasteiger partial charge in [-0.25, -0.2) is 0 Å². The first-order valence-electron chi connectivity index (χ1n) is 7.16. The van der Waals surface area contributed by atoms with E-state index in [4.69, 9.17) is 0 Å². The maximum atomic E-state index is 12.0. The number of pyridine rings is 1. The first kappa shape index (κ1) is 14.0. The number of rotatable bonds is 4. The summed E-state index contributed by atoms with van der Waals surface area (Å²) in [5, 5.41) is 3.21. The molecule has 1 fully saturated rings. The van der Waals surface area contributed by atoms with Gasteiger partial charge in [-0.15, -0.1) is 0 Å². The lowest BCUT2D eigenvalue weighted by Crippen LogP contribution is -2.38. The molecule has 0 bridgehead atoms. The van der Waals surface area contributed by atoms with Crippen molar-refractivity contribution in [2.75, 3.05) is 19.6 Å². The van der Waals surface area contributed by atoms with Crippen LogP contribution in [0.3, 0.4) is 0 Å². The fraction of sp³-hybridized carbons (Fsp3) is 0.600. The van der Waals surface area contributed by atoms with Gasteiger partial charge in [0.2, 0.25) is 5.91 Å². The topological polar surface area (TPSA) is 45.2 Å². The van der Waals surface area contributed by atoms with E-state index in [2.05, 4.69) is 10.3 Å². The Morgan fingerprint density at radius 3 is 2.63 bits per heavy atom. The number of carbonyl (C=O) groups excluding carboxylic acids is 1. The Labute approximate surface area is 115 Å². The number of aromatic nitrogens is 1. The molecule has 104 valence electrons. The van der Waals surface area contributed by atoms with Crippen molar-refractivity contribution in [3.63, 3.8) is 0 Å². The number of amides is 1. The molecule has 1 amide bonds. The van der Waals surface area contributed by atoms with Gasteiger partial charge in [-0.2, -0.15) is 0 Å². The number of hydrogen-bond donors (Lipinski definition) is 1. The number of nitrogens with one attached hydrogen (secondary N) is 1. The fourth-order valence-corrected chi connectivity index (χ4v) is 2.35. The molecule has 1 saturated heterocycles. The van der Waals surface area contributed by atoms with Crippen molar-refractivity contribution in [1.29, 1.82) is 0 Å². The summed E-state index contributed by atoms with van der Waals surface area (Å²) in [6, 6.07) is 4.04. The first-order valence-corrected chi connectivity index (χ1v) is 7.16. The van der Waals surface area contributed by atoms with Crippen LogP contribution in [0.25, 0.3) is 0 Å². The zero-order valence-corrected chi connectivity index (χ0v) is 11.7.